The summed E-state index contributed by atoms with van der Waals surface area (Å²) in [7, 11) is 1.81. The van der Waals surface area contributed by atoms with Crippen LogP contribution in [0.2, 0.25) is 0 Å². The molecule has 7 heteroatoms. The SMILES string of the molecule is CN(CCOCC1CC1)c1cccc(NN)c1[N+](=O)[O-]. The van der Waals surface area contributed by atoms with E-state index in [1.54, 1.807) is 18.2 Å². The number of hydrogen-bond acceptors (Lipinski definition) is 6. The van der Waals surface area contributed by atoms with Crippen LogP contribution in [0, 0.1) is 16.0 Å². The first kappa shape index (κ1) is 14.5. The van der Waals surface area contributed by atoms with Crippen molar-refractivity contribution in [3.63, 3.8) is 0 Å². The van der Waals surface area contributed by atoms with Crippen LogP contribution in [-0.2, 0) is 4.74 Å². The zero-order valence-corrected chi connectivity index (χ0v) is 11.5. The number of nitro groups is 1. The third-order valence-electron chi connectivity index (χ3n) is 3.39. The van der Waals surface area contributed by atoms with Gasteiger partial charge in [0.1, 0.15) is 11.4 Å². The number of nitrogen functional groups attached to an aromatic ring is 1. The Labute approximate surface area is 117 Å². The average Bonchev–Trinajstić information content (AvgIpc) is 3.26. The van der Waals surface area contributed by atoms with Crippen molar-refractivity contribution in [1.29, 1.82) is 0 Å². The monoisotopic (exact) mass is 280 g/mol. The highest BCUT2D eigenvalue weighted by atomic mass is 16.6. The van der Waals surface area contributed by atoms with Crippen LogP contribution in [0.4, 0.5) is 17.1 Å². The highest BCUT2D eigenvalue weighted by Crippen LogP contribution is 2.34. The normalized spacial score (nSPS) is 14.1. The highest BCUT2D eigenvalue weighted by Gasteiger charge is 2.23. The molecule has 1 aromatic rings. The van der Waals surface area contributed by atoms with E-state index in [0.29, 0.717) is 24.5 Å². The average molecular weight is 280 g/mol. The van der Waals surface area contributed by atoms with Crippen molar-refractivity contribution < 1.29 is 9.66 Å². The van der Waals surface area contributed by atoms with Crippen molar-refractivity contribution in [2.24, 2.45) is 11.8 Å². The summed E-state index contributed by atoms with van der Waals surface area (Å²) in [6.07, 6.45) is 2.51. The summed E-state index contributed by atoms with van der Waals surface area (Å²) in [5.74, 6) is 6.04. The van der Waals surface area contributed by atoms with Gasteiger partial charge in [0, 0.05) is 20.2 Å². The molecule has 1 aromatic carbocycles. The van der Waals surface area contributed by atoms with E-state index in [2.05, 4.69) is 5.43 Å². The van der Waals surface area contributed by atoms with Crippen LogP contribution in [0.25, 0.3) is 0 Å². The number of hydrogen-bond donors (Lipinski definition) is 2. The third kappa shape index (κ3) is 3.58. The van der Waals surface area contributed by atoms with Gasteiger partial charge in [-0.15, -0.1) is 0 Å². The number of nitrogens with one attached hydrogen (secondary N) is 1. The van der Waals surface area contributed by atoms with Crippen molar-refractivity contribution >= 4 is 17.1 Å². The lowest BCUT2D eigenvalue weighted by molar-refractivity contribution is -0.383. The van der Waals surface area contributed by atoms with Crippen molar-refractivity contribution in [2.45, 2.75) is 12.8 Å². The Morgan fingerprint density at radius 2 is 2.30 bits per heavy atom. The molecule has 20 heavy (non-hydrogen) atoms. The summed E-state index contributed by atoms with van der Waals surface area (Å²) in [5, 5.41) is 11.2. The number of benzene rings is 1. The molecule has 2 rings (SSSR count). The maximum Gasteiger partial charge on any atom is 0.316 e. The van der Waals surface area contributed by atoms with E-state index in [4.69, 9.17) is 10.6 Å². The predicted octanol–water partition coefficient (Wildman–Crippen LogP) is 1.74. The summed E-state index contributed by atoms with van der Waals surface area (Å²) >= 11 is 0. The second kappa shape index (κ2) is 6.53. The van der Waals surface area contributed by atoms with Gasteiger partial charge in [-0.25, -0.2) is 0 Å². The van der Waals surface area contributed by atoms with Gasteiger partial charge in [-0.3, -0.25) is 16.0 Å². The van der Waals surface area contributed by atoms with Gasteiger partial charge in [-0.05, 0) is 30.9 Å². The lowest BCUT2D eigenvalue weighted by Crippen LogP contribution is -2.24. The van der Waals surface area contributed by atoms with Gasteiger partial charge >= 0.3 is 5.69 Å². The molecule has 0 aliphatic heterocycles. The van der Waals surface area contributed by atoms with Crippen molar-refractivity contribution in [2.75, 3.05) is 37.1 Å². The second-order valence-corrected chi connectivity index (χ2v) is 5.01. The number of hydrazine groups is 1. The summed E-state index contributed by atoms with van der Waals surface area (Å²) in [6.45, 7) is 1.95. The van der Waals surface area contributed by atoms with E-state index < -0.39 is 4.92 Å². The first-order chi connectivity index (χ1) is 9.63. The molecule has 0 unspecified atom stereocenters. The molecule has 1 aliphatic carbocycles. The lowest BCUT2D eigenvalue weighted by atomic mass is 10.2. The van der Waals surface area contributed by atoms with E-state index in [1.807, 2.05) is 11.9 Å². The smallest absolute Gasteiger partial charge is 0.316 e. The van der Waals surface area contributed by atoms with E-state index in [-0.39, 0.29) is 5.69 Å². The Kier molecular flexibility index (Phi) is 4.75. The number of nitrogens with two attached hydrogens (primary N) is 1. The van der Waals surface area contributed by atoms with Crippen molar-refractivity contribution in [1.82, 2.24) is 0 Å². The molecule has 0 amide bonds. The molecule has 7 nitrogen and oxygen atoms in total. The van der Waals surface area contributed by atoms with Gasteiger partial charge in [0.05, 0.1) is 11.5 Å². The zero-order chi connectivity index (χ0) is 14.5. The fourth-order valence-electron chi connectivity index (χ4n) is 2.00. The van der Waals surface area contributed by atoms with Crippen LogP contribution in [0.15, 0.2) is 18.2 Å². The van der Waals surface area contributed by atoms with Crippen LogP contribution in [0.5, 0.6) is 0 Å². The van der Waals surface area contributed by atoms with E-state index in [9.17, 15) is 10.1 Å². The summed E-state index contributed by atoms with van der Waals surface area (Å²) in [5.41, 5.74) is 3.18. The molecule has 0 spiro atoms. The fourth-order valence-corrected chi connectivity index (χ4v) is 2.00. The largest absolute Gasteiger partial charge is 0.379 e. The number of para-hydroxylation sites is 1. The fraction of sp³-hybridized carbons (Fsp3) is 0.538. The minimum absolute atomic E-state index is 0.0142. The van der Waals surface area contributed by atoms with Crippen LogP contribution >= 0.6 is 0 Å². The highest BCUT2D eigenvalue weighted by molar-refractivity contribution is 5.76. The minimum atomic E-state index is -0.425. The van der Waals surface area contributed by atoms with Gasteiger partial charge < -0.3 is 15.1 Å². The Bertz CT molecular complexity index is 477. The van der Waals surface area contributed by atoms with Gasteiger partial charge in [0.2, 0.25) is 0 Å². The van der Waals surface area contributed by atoms with Crippen LogP contribution < -0.4 is 16.2 Å². The maximum absolute atomic E-state index is 11.2. The molecule has 1 fully saturated rings. The summed E-state index contributed by atoms with van der Waals surface area (Å²) < 4.78 is 5.55. The minimum Gasteiger partial charge on any atom is -0.379 e. The van der Waals surface area contributed by atoms with E-state index in [1.165, 1.54) is 12.8 Å². The quantitative estimate of drug-likeness (QED) is 0.326. The first-order valence-electron chi connectivity index (χ1n) is 6.66. The zero-order valence-electron chi connectivity index (χ0n) is 11.5. The van der Waals surface area contributed by atoms with Gasteiger partial charge in [0.15, 0.2) is 0 Å². The first-order valence-corrected chi connectivity index (χ1v) is 6.66. The molecule has 0 atom stereocenters. The Morgan fingerprint density at radius 3 is 2.90 bits per heavy atom. The van der Waals surface area contributed by atoms with Crippen LogP contribution in [0.1, 0.15) is 12.8 Å². The number of likely N-dealkylation sites (N-methyl/N-ethyl adjacent to an activating group) is 1. The molecule has 0 heterocycles. The summed E-state index contributed by atoms with van der Waals surface area (Å²) in [6, 6.07) is 5.03. The number of anilines is 2. The lowest BCUT2D eigenvalue weighted by Gasteiger charge is -2.20. The number of nitrogens with zero attached hydrogens (tertiary/aromatic N) is 2. The molecule has 110 valence electrons. The van der Waals surface area contributed by atoms with Gasteiger partial charge in [-0.2, -0.15) is 0 Å². The van der Waals surface area contributed by atoms with Crippen LogP contribution in [0.3, 0.4) is 0 Å². The molecule has 1 saturated carbocycles. The number of ether oxygens (including phenoxy) is 1. The van der Waals surface area contributed by atoms with Gasteiger partial charge in [0.25, 0.3) is 0 Å². The molecular formula is C13H20N4O3. The molecular weight excluding hydrogens is 260 g/mol. The number of nitro benzene ring substituents is 1. The van der Waals surface area contributed by atoms with E-state index in [0.717, 1.165) is 12.5 Å². The Morgan fingerprint density at radius 1 is 1.55 bits per heavy atom. The molecule has 0 radical (unpaired) electrons. The van der Waals surface area contributed by atoms with E-state index >= 15 is 0 Å². The standard InChI is InChI=1S/C13H20N4O3/c1-16(7-8-20-9-10-5-6-10)12-4-2-3-11(15-14)13(12)17(18)19/h2-4,10,15H,5-9,14H2,1H3. The van der Waals surface area contributed by atoms with Crippen molar-refractivity contribution in [3.05, 3.63) is 28.3 Å². The molecule has 0 aromatic heterocycles. The molecule has 1 aliphatic rings. The van der Waals surface area contributed by atoms with Gasteiger partial charge in [-0.1, -0.05) is 6.07 Å². The van der Waals surface area contributed by atoms with Crippen molar-refractivity contribution in [3.8, 4) is 0 Å². The van der Waals surface area contributed by atoms with Crippen LogP contribution in [-0.4, -0.2) is 31.7 Å². The summed E-state index contributed by atoms with van der Waals surface area (Å²) in [4.78, 5) is 12.6. The second-order valence-electron chi connectivity index (χ2n) is 5.01. The Hall–Kier alpha value is -1.86. The Balaban J connectivity index is 1.99. The molecule has 0 saturated heterocycles. The number of rotatable bonds is 8. The predicted molar refractivity (Wildman–Crippen MR) is 77.7 cm³/mol. The maximum atomic E-state index is 11.2. The molecule has 0 bridgehead atoms. The molecule has 3 N–H and O–H groups in total. The third-order valence-corrected chi connectivity index (χ3v) is 3.39. The topological polar surface area (TPSA) is 93.7 Å².